The van der Waals surface area contributed by atoms with Crippen LogP contribution in [0.3, 0.4) is 0 Å². The molecule has 0 saturated carbocycles. The van der Waals surface area contributed by atoms with E-state index in [2.05, 4.69) is 6.92 Å². The number of rotatable bonds is 12. The summed E-state index contributed by atoms with van der Waals surface area (Å²) in [6.07, 6.45) is 9.66. The molecular weight excluding hydrogens is 272 g/mol. The summed E-state index contributed by atoms with van der Waals surface area (Å²) in [5.41, 5.74) is 0. The zero-order valence-electron chi connectivity index (χ0n) is 13.6. The minimum atomic E-state index is -0.986. The van der Waals surface area contributed by atoms with Crippen LogP contribution in [0.15, 0.2) is 0 Å². The Morgan fingerprint density at radius 3 is 1.62 bits per heavy atom. The highest BCUT2D eigenvalue weighted by Crippen LogP contribution is 2.10. The fourth-order valence-corrected chi connectivity index (χ4v) is 1.74. The van der Waals surface area contributed by atoms with E-state index >= 15 is 0 Å². The maximum atomic E-state index is 10.2. The second kappa shape index (κ2) is 17.4. The van der Waals surface area contributed by atoms with E-state index in [1.54, 1.807) is 0 Å². The van der Waals surface area contributed by atoms with Crippen molar-refractivity contribution in [1.82, 2.24) is 0 Å². The first-order valence-corrected chi connectivity index (χ1v) is 8.14. The van der Waals surface area contributed by atoms with Gasteiger partial charge in [0.25, 0.3) is 0 Å². The number of aliphatic hydroxyl groups is 3. The molecule has 0 fully saturated rings. The molecule has 4 N–H and O–H groups in total. The van der Waals surface area contributed by atoms with Crippen LogP contribution in [0.25, 0.3) is 0 Å². The summed E-state index contributed by atoms with van der Waals surface area (Å²) < 4.78 is 0. The van der Waals surface area contributed by atoms with Crippen LogP contribution in [0, 0.1) is 0 Å². The highest BCUT2D eigenvalue weighted by Gasteiger charge is 2.06. The zero-order valence-corrected chi connectivity index (χ0v) is 13.6. The van der Waals surface area contributed by atoms with Gasteiger partial charge in [-0.05, 0) is 13.3 Å². The van der Waals surface area contributed by atoms with Gasteiger partial charge in [0, 0.05) is 6.42 Å². The van der Waals surface area contributed by atoms with Gasteiger partial charge in [-0.1, -0.05) is 58.3 Å². The zero-order chi connectivity index (χ0) is 16.5. The van der Waals surface area contributed by atoms with Gasteiger partial charge < -0.3 is 20.4 Å². The Hall–Kier alpha value is -0.650. The van der Waals surface area contributed by atoms with Crippen molar-refractivity contribution in [3.63, 3.8) is 0 Å². The van der Waals surface area contributed by atoms with E-state index in [9.17, 15) is 4.79 Å². The van der Waals surface area contributed by atoms with E-state index in [-0.39, 0.29) is 6.61 Å². The third-order valence-corrected chi connectivity index (χ3v) is 3.24. The van der Waals surface area contributed by atoms with Gasteiger partial charge in [0.1, 0.15) is 6.10 Å². The molecular formula is C16H34O5. The third-order valence-electron chi connectivity index (χ3n) is 3.24. The number of aliphatic hydroxyl groups excluding tert-OH is 3. The second-order valence-corrected chi connectivity index (χ2v) is 5.46. The lowest BCUT2D eigenvalue weighted by atomic mass is 10.1. The lowest BCUT2D eigenvalue weighted by Crippen LogP contribution is -2.25. The number of carboxylic acids is 1. The monoisotopic (exact) mass is 306 g/mol. The van der Waals surface area contributed by atoms with E-state index in [0.717, 1.165) is 12.8 Å². The third kappa shape index (κ3) is 21.8. The fraction of sp³-hybridized carbons (Fsp3) is 0.938. The molecule has 0 aromatic rings. The molecule has 0 spiro atoms. The van der Waals surface area contributed by atoms with Gasteiger partial charge in [-0.2, -0.15) is 0 Å². The van der Waals surface area contributed by atoms with E-state index in [0.29, 0.717) is 6.42 Å². The largest absolute Gasteiger partial charge is 0.481 e. The molecule has 0 aliphatic carbocycles. The van der Waals surface area contributed by atoms with Crippen LogP contribution in [0.1, 0.15) is 78.1 Å². The number of carboxylic acid groups (broad SMARTS) is 1. The molecule has 128 valence electrons. The Labute approximate surface area is 129 Å². The molecule has 0 aromatic carbocycles. The van der Waals surface area contributed by atoms with Gasteiger partial charge in [-0.3, -0.25) is 4.79 Å². The van der Waals surface area contributed by atoms with Gasteiger partial charge in [-0.25, -0.2) is 0 Å². The molecule has 0 bridgehead atoms. The molecule has 0 radical (unpaired) electrons. The van der Waals surface area contributed by atoms with Crippen LogP contribution in [0.5, 0.6) is 0 Å². The van der Waals surface area contributed by atoms with Crippen molar-refractivity contribution in [3.05, 3.63) is 0 Å². The van der Waals surface area contributed by atoms with Gasteiger partial charge in [-0.15, -0.1) is 0 Å². The molecule has 0 amide bonds. The number of unbranched alkanes of at least 4 members (excludes halogenated alkanes) is 8. The van der Waals surface area contributed by atoms with Crippen molar-refractivity contribution in [2.45, 2.75) is 90.3 Å². The molecule has 0 aromatic heterocycles. The van der Waals surface area contributed by atoms with Crippen molar-refractivity contribution in [1.29, 1.82) is 0 Å². The standard InChI is InChI=1S/C12H24O2.C4H10O3/c1-2-3-4-5-6-7-8-9-10-11-12(13)14;1-3(6)4(7)2-5/h2-11H2,1H3,(H,13,14);3-7H,2H2,1H3. The predicted molar refractivity (Wildman–Crippen MR) is 84.3 cm³/mol. The van der Waals surface area contributed by atoms with Crippen molar-refractivity contribution in [2.75, 3.05) is 6.61 Å². The Kier molecular flexibility index (Phi) is 18.8. The Morgan fingerprint density at radius 2 is 1.33 bits per heavy atom. The maximum absolute atomic E-state index is 10.2. The Balaban J connectivity index is 0. The molecule has 0 saturated heterocycles. The first-order valence-electron chi connectivity index (χ1n) is 8.14. The van der Waals surface area contributed by atoms with Crippen molar-refractivity contribution >= 4 is 5.97 Å². The topological polar surface area (TPSA) is 98.0 Å². The average molecular weight is 306 g/mol. The van der Waals surface area contributed by atoms with Crippen LogP contribution in [0.2, 0.25) is 0 Å². The number of hydrogen-bond acceptors (Lipinski definition) is 4. The van der Waals surface area contributed by atoms with Crippen molar-refractivity contribution in [2.24, 2.45) is 0 Å². The fourth-order valence-electron chi connectivity index (χ4n) is 1.74. The molecule has 0 aliphatic rings. The van der Waals surface area contributed by atoms with Crippen LogP contribution < -0.4 is 0 Å². The highest BCUT2D eigenvalue weighted by atomic mass is 16.4. The second-order valence-electron chi connectivity index (χ2n) is 5.46. The number of carbonyl (C=O) groups is 1. The van der Waals surface area contributed by atoms with E-state index in [4.69, 9.17) is 20.4 Å². The van der Waals surface area contributed by atoms with Gasteiger partial charge in [0.05, 0.1) is 12.7 Å². The van der Waals surface area contributed by atoms with Crippen LogP contribution in [0.4, 0.5) is 0 Å². The van der Waals surface area contributed by atoms with Crippen molar-refractivity contribution < 1.29 is 25.2 Å². The van der Waals surface area contributed by atoms with Gasteiger partial charge in [0.15, 0.2) is 0 Å². The molecule has 5 nitrogen and oxygen atoms in total. The number of aliphatic carboxylic acids is 1. The van der Waals surface area contributed by atoms with Gasteiger partial charge in [0.2, 0.25) is 0 Å². The Bertz CT molecular complexity index is 219. The predicted octanol–water partition coefficient (Wildman–Crippen LogP) is 2.71. The van der Waals surface area contributed by atoms with E-state index < -0.39 is 18.2 Å². The molecule has 21 heavy (non-hydrogen) atoms. The van der Waals surface area contributed by atoms with Gasteiger partial charge >= 0.3 is 5.97 Å². The van der Waals surface area contributed by atoms with Crippen LogP contribution in [-0.2, 0) is 4.79 Å². The molecule has 0 aliphatic heterocycles. The quantitative estimate of drug-likeness (QED) is 0.416. The summed E-state index contributed by atoms with van der Waals surface area (Å²) >= 11 is 0. The first kappa shape index (κ1) is 22.6. The summed E-state index contributed by atoms with van der Waals surface area (Å²) in [6, 6.07) is 0. The molecule has 2 atom stereocenters. The average Bonchev–Trinajstić information content (AvgIpc) is 2.45. The summed E-state index contributed by atoms with van der Waals surface area (Å²) in [5, 5.41) is 33.4. The maximum Gasteiger partial charge on any atom is 0.303 e. The SMILES string of the molecule is CC(O)C(O)CO.CCCCCCCCCCCC(=O)O. The van der Waals surface area contributed by atoms with E-state index in [1.807, 2.05) is 0 Å². The lowest BCUT2D eigenvalue weighted by molar-refractivity contribution is -0.137. The minimum absolute atomic E-state index is 0.343. The summed E-state index contributed by atoms with van der Waals surface area (Å²) in [4.78, 5) is 10.2. The summed E-state index contributed by atoms with van der Waals surface area (Å²) in [6.45, 7) is 3.27. The molecule has 0 heterocycles. The summed E-state index contributed by atoms with van der Waals surface area (Å²) in [5.74, 6) is -0.659. The normalized spacial score (nSPS) is 13.2. The molecule has 5 heteroatoms. The molecule has 0 rings (SSSR count). The smallest absolute Gasteiger partial charge is 0.303 e. The van der Waals surface area contributed by atoms with Crippen molar-refractivity contribution in [3.8, 4) is 0 Å². The van der Waals surface area contributed by atoms with Crippen LogP contribution >= 0.6 is 0 Å². The minimum Gasteiger partial charge on any atom is -0.481 e. The lowest BCUT2D eigenvalue weighted by Gasteiger charge is -2.07. The summed E-state index contributed by atoms with van der Waals surface area (Å²) in [7, 11) is 0. The Morgan fingerprint density at radius 1 is 0.905 bits per heavy atom. The highest BCUT2D eigenvalue weighted by molar-refractivity contribution is 5.66. The number of hydrogen-bond donors (Lipinski definition) is 4. The molecule has 2 unspecified atom stereocenters. The van der Waals surface area contributed by atoms with E-state index in [1.165, 1.54) is 51.9 Å². The van der Waals surface area contributed by atoms with Crippen LogP contribution in [-0.4, -0.2) is 45.2 Å². The first-order chi connectivity index (χ1) is 9.95.